The highest BCUT2D eigenvalue weighted by atomic mass is 35.5. The Morgan fingerprint density at radius 1 is 0.927 bits per heavy atom. The van der Waals surface area contributed by atoms with Crippen molar-refractivity contribution < 1.29 is 23.9 Å². The Kier molecular flexibility index (Phi) is 8.98. The number of hydrogen-bond acceptors (Lipinski definition) is 5. The van der Waals surface area contributed by atoms with E-state index in [9.17, 15) is 19.2 Å². The molecule has 0 aromatic heterocycles. The number of carbonyl (C=O) groups is 4. The molecule has 0 spiro atoms. The fraction of sp³-hybridized carbons (Fsp3) is 0.125. The van der Waals surface area contributed by atoms with E-state index in [2.05, 4.69) is 70.4 Å². The number of fused-ring (bicyclic) bond motifs is 1. The standard InChI is InChI=1S/C32H16ClN3O5/c1-2-3-4-5-6-7-8-9-10-11-18-28(37)34-24-19-20-25(33)27(22-24)36-31(39)29(41-32(36)40)30(38)35-21-14-16-23-15-12-13-17-26(23)35/h1,12-13,15,17,19-20,22,29H,14,16,21H2,(H,34,37). The van der Waals surface area contributed by atoms with Crippen molar-refractivity contribution in [1.29, 1.82) is 0 Å². The molecule has 1 saturated heterocycles. The lowest BCUT2D eigenvalue weighted by Gasteiger charge is -2.30. The van der Waals surface area contributed by atoms with Crippen LogP contribution in [0.1, 0.15) is 12.0 Å². The molecule has 2 aromatic rings. The third-order valence-electron chi connectivity index (χ3n) is 5.64. The van der Waals surface area contributed by atoms with Crippen molar-refractivity contribution in [2.75, 3.05) is 21.7 Å². The summed E-state index contributed by atoms with van der Waals surface area (Å²) in [6, 6.07) is 11.5. The highest BCUT2D eigenvalue weighted by Crippen LogP contribution is 2.34. The number of carbonyl (C=O) groups excluding carboxylic acids is 4. The van der Waals surface area contributed by atoms with E-state index in [1.807, 2.05) is 12.1 Å². The normalized spacial score (nSPS) is 14.3. The molecule has 196 valence electrons. The molecule has 1 atom stereocenters. The van der Waals surface area contributed by atoms with E-state index in [0.717, 1.165) is 12.0 Å². The first-order valence-electron chi connectivity index (χ1n) is 11.9. The number of para-hydroxylation sites is 1. The largest absolute Gasteiger partial charge is 0.425 e. The first-order chi connectivity index (χ1) is 19.9. The van der Waals surface area contributed by atoms with E-state index in [1.54, 1.807) is 12.1 Å². The summed E-state index contributed by atoms with van der Waals surface area (Å²) in [6.45, 7) is 0.383. The van der Waals surface area contributed by atoms with Gasteiger partial charge in [-0.05, 0) is 102 Å². The third-order valence-corrected chi connectivity index (χ3v) is 5.96. The predicted molar refractivity (Wildman–Crippen MR) is 153 cm³/mol. The Balaban J connectivity index is 1.45. The lowest BCUT2D eigenvalue weighted by atomic mass is 10.0. The highest BCUT2D eigenvalue weighted by Gasteiger charge is 2.48. The maximum absolute atomic E-state index is 13.3. The molecule has 0 bridgehead atoms. The SMILES string of the molecule is C#CC#CC#CC#CC#CC#CC(=O)Nc1ccc(Cl)c(N2C(=O)OC(C(=O)N3CCCc4ccccc43)C2=O)c1. The van der Waals surface area contributed by atoms with Gasteiger partial charge < -0.3 is 15.0 Å². The van der Waals surface area contributed by atoms with E-state index in [0.29, 0.717) is 23.6 Å². The van der Waals surface area contributed by atoms with E-state index in [1.165, 1.54) is 23.1 Å². The topological polar surface area (TPSA) is 96.0 Å². The number of imide groups is 1. The minimum absolute atomic E-state index is 0.0219. The second-order valence-corrected chi connectivity index (χ2v) is 8.58. The third kappa shape index (κ3) is 6.70. The minimum Gasteiger partial charge on any atom is -0.425 e. The molecule has 9 heteroatoms. The molecule has 0 aliphatic carbocycles. The summed E-state index contributed by atoms with van der Waals surface area (Å²) < 4.78 is 5.19. The molecule has 1 fully saturated rings. The van der Waals surface area contributed by atoms with Crippen molar-refractivity contribution >= 4 is 52.5 Å². The van der Waals surface area contributed by atoms with Crippen LogP contribution >= 0.6 is 11.6 Å². The lowest BCUT2D eigenvalue weighted by molar-refractivity contribution is -0.134. The van der Waals surface area contributed by atoms with Gasteiger partial charge in [-0.1, -0.05) is 29.8 Å². The lowest BCUT2D eigenvalue weighted by Crippen LogP contribution is -2.46. The van der Waals surface area contributed by atoms with E-state index in [-0.39, 0.29) is 16.4 Å². The van der Waals surface area contributed by atoms with Crippen LogP contribution in [0.5, 0.6) is 0 Å². The molecule has 2 aliphatic rings. The number of ether oxygens (including phenoxy) is 1. The summed E-state index contributed by atoms with van der Waals surface area (Å²) in [5, 5.41) is 2.52. The van der Waals surface area contributed by atoms with Gasteiger partial charge in [0.2, 0.25) is 0 Å². The quantitative estimate of drug-likeness (QED) is 0.462. The van der Waals surface area contributed by atoms with Gasteiger partial charge in [-0.25, -0.2) is 9.69 Å². The number of anilines is 3. The number of hydrogen-bond donors (Lipinski definition) is 1. The van der Waals surface area contributed by atoms with Crippen molar-refractivity contribution in [3.63, 3.8) is 0 Å². The first kappa shape index (κ1) is 28.0. The van der Waals surface area contributed by atoms with Gasteiger partial charge in [0.1, 0.15) is 0 Å². The van der Waals surface area contributed by atoms with Crippen LogP contribution in [-0.4, -0.2) is 36.5 Å². The average molecular weight is 558 g/mol. The number of amides is 4. The molecule has 2 heterocycles. The molecule has 4 amide bonds. The molecule has 8 nitrogen and oxygen atoms in total. The van der Waals surface area contributed by atoms with Crippen molar-refractivity contribution in [3.8, 4) is 71.5 Å². The van der Waals surface area contributed by atoms with Crippen LogP contribution in [0.3, 0.4) is 0 Å². The van der Waals surface area contributed by atoms with Crippen molar-refractivity contribution in [1.82, 2.24) is 0 Å². The van der Waals surface area contributed by atoms with Crippen LogP contribution in [0, 0.1) is 71.5 Å². The van der Waals surface area contributed by atoms with Crippen LogP contribution in [0.2, 0.25) is 5.02 Å². The Labute approximate surface area is 241 Å². The molecule has 1 unspecified atom stereocenters. The molecule has 41 heavy (non-hydrogen) atoms. The molecule has 1 N–H and O–H groups in total. The zero-order valence-corrected chi connectivity index (χ0v) is 21.9. The second-order valence-electron chi connectivity index (χ2n) is 8.17. The molecule has 0 saturated carbocycles. The van der Waals surface area contributed by atoms with Crippen LogP contribution in [0.15, 0.2) is 42.5 Å². The fourth-order valence-electron chi connectivity index (χ4n) is 3.96. The zero-order chi connectivity index (χ0) is 29.2. The fourth-order valence-corrected chi connectivity index (χ4v) is 4.16. The smallest absolute Gasteiger partial charge is 0.422 e. The van der Waals surface area contributed by atoms with Gasteiger partial charge in [0.15, 0.2) is 0 Å². The maximum Gasteiger partial charge on any atom is 0.422 e. The number of aryl methyl sites for hydroxylation is 1. The van der Waals surface area contributed by atoms with Crippen LogP contribution in [-0.2, 0) is 25.5 Å². The van der Waals surface area contributed by atoms with Crippen molar-refractivity contribution in [2.24, 2.45) is 0 Å². The Hall–Kier alpha value is -6.03. The summed E-state index contributed by atoms with van der Waals surface area (Å²) >= 11 is 6.27. The summed E-state index contributed by atoms with van der Waals surface area (Å²) in [5.74, 6) is 23.6. The predicted octanol–water partition coefficient (Wildman–Crippen LogP) is 2.76. The summed E-state index contributed by atoms with van der Waals surface area (Å²) in [5.41, 5.74) is 1.75. The Morgan fingerprint density at radius 3 is 2.34 bits per heavy atom. The summed E-state index contributed by atoms with van der Waals surface area (Å²) in [6.07, 6.45) is 3.72. The number of rotatable bonds is 3. The number of cyclic esters (lactones) is 1. The first-order valence-corrected chi connectivity index (χ1v) is 12.3. The van der Waals surface area contributed by atoms with Gasteiger partial charge >= 0.3 is 12.0 Å². The minimum atomic E-state index is -1.67. The van der Waals surface area contributed by atoms with Crippen LogP contribution in [0.25, 0.3) is 0 Å². The molecular weight excluding hydrogens is 542 g/mol. The van der Waals surface area contributed by atoms with Crippen LogP contribution in [0.4, 0.5) is 21.9 Å². The van der Waals surface area contributed by atoms with E-state index < -0.39 is 29.9 Å². The number of nitrogens with zero attached hydrogens (tertiary/aromatic N) is 2. The van der Waals surface area contributed by atoms with E-state index >= 15 is 0 Å². The highest BCUT2D eigenvalue weighted by molar-refractivity contribution is 6.36. The van der Waals surface area contributed by atoms with Gasteiger partial charge in [0.05, 0.1) is 10.7 Å². The number of halogens is 1. The molecule has 2 aliphatic heterocycles. The Morgan fingerprint density at radius 2 is 1.61 bits per heavy atom. The van der Waals surface area contributed by atoms with Gasteiger partial charge in [0.25, 0.3) is 17.9 Å². The molecule has 0 radical (unpaired) electrons. The van der Waals surface area contributed by atoms with Gasteiger partial charge in [-0.15, -0.1) is 6.42 Å². The van der Waals surface area contributed by atoms with Crippen molar-refractivity contribution in [3.05, 3.63) is 53.1 Å². The van der Waals surface area contributed by atoms with E-state index in [4.69, 9.17) is 22.8 Å². The molecule has 4 rings (SSSR count). The number of nitrogens with one attached hydrogen (secondary N) is 1. The average Bonchev–Trinajstić information content (AvgIpc) is 3.27. The zero-order valence-electron chi connectivity index (χ0n) is 21.1. The van der Waals surface area contributed by atoms with Crippen LogP contribution < -0.4 is 15.1 Å². The second kappa shape index (κ2) is 13.2. The van der Waals surface area contributed by atoms with Gasteiger partial charge in [-0.3, -0.25) is 14.4 Å². The van der Waals surface area contributed by atoms with Gasteiger partial charge in [0, 0.05) is 23.8 Å². The number of terminal acetylenes is 1. The maximum atomic E-state index is 13.3. The van der Waals surface area contributed by atoms with Gasteiger partial charge in [-0.2, -0.15) is 0 Å². The summed E-state index contributed by atoms with van der Waals surface area (Å²) in [7, 11) is 0. The number of benzene rings is 2. The Bertz CT molecular complexity index is 1830. The monoisotopic (exact) mass is 557 g/mol. The molecular formula is C32H16ClN3O5. The van der Waals surface area contributed by atoms with Crippen molar-refractivity contribution in [2.45, 2.75) is 18.9 Å². The molecule has 2 aromatic carbocycles. The summed E-state index contributed by atoms with van der Waals surface area (Å²) in [4.78, 5) is 53.6.